The van der Waals surface area contributed by atoms with Crippen LogP contribution >= 0.6 is 23.1 Å². The number of carbonyl (C=O) groups is 2. The van der Waals surface area contributed by atoms with Gasteiger partial charge in [-0.25, -0.2) is 0 Å². The van der Waals surface area contributed by atoms with Crippen LogP contribution in [0.4, 0.5) is 0 Å². The first-order valence-corrected chi connectivity index (χ1v) is 15.7. The lowest BCUT2D eigenvalue weighted by Crippen LogP contribution is -3.00. The Morgan fingerprint density at radius 3 is 2.05 bits per heavy atom. The van der Waals surface area contributed by atoms with Crippen molar-refractivity contribution in [3.63, 3.8) is 0 Å². The third-order valence-electron chi connectivity index (χ3n) is 7.30. The van der Waals surface area contributed by atoms with Crippen LogP contribution in [0.5, 0.6) is 0 Å². The van der Waals surface area contributed by atoms with Gasteiger partial charge in [0.05, 0.1) is 23.5 Å². The Balaban J connectivity index is 0.00000368. The number of rotatable bonds is 9. The summed E-state index contributed by atoms with van der Waals surface area (Å²) in [5.74, 6) is 0.277. The maximum Gasteiger partial charge on any atom is 0.310 e. The molecular weight excluding hydrogens is 685 g/mol. The molecule has 0 amide bonds. The van der Waals surface area contributed by atoms with Gasteiger partial charge in [0.2, 0.25) is 11.5 Å². The number of ketones is 1. The second kappa shape index (κ2) is 13.8. The van der Waals surface area contributed by atoms with Gasteiger partial charge in [0.25, 0.3) is 0 Å². The van der Waals surface area contributed by atoms with Crippen molar-refractivity contribution < 1.29 is 42.9 Å². The predicted molar refractivity (Wildman–Crippen MR) is 172 cm³/mol. The summed E-state index contributed by atoms with van der Waals surface area (Å²) in [5, 5.41) is 4.84. The topological polar surface area (TPSA) is 47.3 Å². The molecule has 6 rings (SSSR count). The Labute approximate surface area is 276 Å². The number of fused-ring (bicyclic) bond motifs is 2. The minimum Gasteiger partial charge on any atom is -1.00 e. The highest BCUT2D eigenvalue weighted by atomic mass is 127. The largest absolute Gasteiger partial charge is 1.00 e. The standard InChI is InChI=1S/C36H30NO3S2.HI/c1-3-40-32(38)22-30-33(37-19-17-24(2)18-20-37)36(42-35(30)34(39)25-11-5-4-6-12-25)41-23-31-28-15-9-7-13-26(28)21-27-14-8-10-16-29(27)31;/h4-21H,3,22-23H2,1-2H3;1H/q+1;/p-1. The third kappa shape index (κ3) is 6.54. The molecule has 0 saturated heterocycles. The first-order chi connectivity index (χ1) is 20.5. The molecule has 0 N–H and O–H groups in total. The maximum atomic E-state index is 13.9. The highest BCUT2D eigenvalue weighted by Gasteiger charge is 2.32. The van der Waals surface area contributed by atoms with Gasteiger partial charge in [0, 0.05) is 23.4 Å². The molecule has 0 aliphatic rings. The number of thioether (sulfide) groups is 1. The van der Waals surface area contributed by atoms with Crippen LogP contribution in [0.15, 0.2) is 114 Å². The molecule has 0 unspecified atom stereocenters. The average molecular weight is 716 g/mol. The summed E-state index contributed by atoms with van der Waals surface area (Å²) in [6.07, 6.45) is 4.02. The van der Waals surface area contributed by atoms with E-state index in [1.54, 1.807) is 18.7 Å². The summed E-state index contributed by atoms with van der Waals surface area (Å²) in [5.41, 5.74) is 4.55. The Bertz CT molecular complexity index is 1860. The number of thiophene rings is 1. The van der Waals surface area contributed by atoms with Crippen molar-refractivity contribution in [1.82, 2.24) is 0 Å². The van der Waals surface area contributed by atoms with Gasteiger partial charge in [-0.15, -0.1) is 23.1 Å². The lowest BCUT2D eigenvalue weighted by atomic mass is 9.98. The lowest BCUT2D eigenvalue weighted by Gasteiger charge is -2.11. The molecule has 0 bridgehead atoms. The molecular formula is C36H30INO3S2. The summed E-state index contributed by atoms with van der Waals surface area (Å²) in [7, 11) is 0. The molecule has 216 valence electrons. The highest BCUT2D eigenvalue weighted by molar-refractivity contribution is 8.00. The molecule has 0 aliphatic carbocycles. The number of benzene rings is 4. The van der Waals surface area contributed by atoms with Crippen LogP contribution in [-0.2, 0) is 21.7 Å². The Morgan fingerprint density at radius 1 is 0.814 bits per heavy atom. The van der Waals surface area contributed by atoms with Gasteiger partial charge >= 0.3 is 5.97 Å². The lowest BCUT2D eigenvalue weighted by molar-refractivity contribution is -0.598. The fraction of sp³-hybridized carbons (Fsp3) is 0.139. The minimum atomic E-state index is -0.344. The number of esters is 1. The van der Waals surface area contributed by atoms with Gasteiger partial charge in [-0.2, -0.15) is 4.57 Å². The number of ether oxygens (including phenoxy) is 1. The van der Waals surface area contributed by atoms with E-state index in [1.165, 1.54) is 38.4 Å². The van der Waals surface area contributed by atoms with E-state index in [4.69, 9.17) is 4.74 Å². The van der Waals surface area contributed by atoms with Gasteiger partial charge < -0.3 is 28.7 Å². The summed E-state index contributed by atoms with van der Waals surface area (Å²) in [4.78, 5) is 27.4. The van der Waals surface area contributed by atoms with E-state index >= 15 is 0 Å². The van der Waals surface area contributed by atoms with E-state index in [-0.39, 0.29) is 48.8 Å². The molecule has 0 atom stereocenters. The molecule has 0 saturated carbocycles. The minimum absolute atomic E-state index is 0. The second-order valence-corrected chi connectivity index (χ2v) is 12.4. The normalized spacial score (nSPS) is 10.9. The summed E-state index contributed by atoms with van der Waals surface area (Å²) < 4.78 is 8.39. The zero-order valence-electron chi connectivity index (χ0n) is 23.9. The van der Waals surface area contributed by atoms with Crippen molar-refractivity contribution in [2.45, 2.75) is 30.2 Å². The fourth-order valence-corrected chi connectivity index (χ4v) is 7.90. The van der Waals surface area contributed by atoms with Crippen molar-refractivity contribution in [1.29, 1.82) is 0 Å². The number of carbonyl (C=O) groups excluding carboxylic acids is 2. The van der Waals surface area contributed by atoms with Gasteiger partial charge in [-0.05, 0) is 52.6 Å². The number of nitrogens with zero attached hydrogens (tertiary/aromatic N) is 1. The summed E-state index contributed by atoms with van der Waals surface area (Å²) in [6.45, 7) is 4.13. The van der Waals surface area contributed by atoms with E-state index < -0.39 is 0 Å². The maximum absolute atomic E-state index is 13.9. The molecule has 0 radical (unpaired) electrons. The molecule has 6 aromatic rings. The van der Waals surface area contributed by atoms with Crippen LogP contribution < -0.4 is 28.5 Å². The smallest absolute Gasteiger partial charge is 0.310 e. The van der Waals surface area contributed by atoms with Crippen LogP contribution in [-0.4, -0.2) is 18.4 Å². The number of halogens is 1. The Kier molecular flexibility index (Phi) is 9.95. The van der Waals surface area contributed by atoms with Crippen molar-refractivity contribution in [3.05, 3.63) is 137 Å². The second-order valence-electron chi connectivity index (χ2n) is 10.1. The first-order valence-electron chi connectivity index (χ1n) is 13.9. The zero-order chi connectivity index (χ0) is 29.1. The number of hydrogen-bond acceptors (Lipinski definition) is 5. The monoisotopic (exact) mass is 715 g/mol. The molecule has 0 spiro atoms. The zero-order valence-corrected chi connectivity index (χ0v) is 27.7. The quantitative estimate of drug-likeness (QED) is 0.0512. The van der Waals surface area contributed by atoms with E-state index in [0.717, 1.165) is 15.5 Å². The average Bonchev–Trinajstić information content (AvgIpc) is 3.37. The molecule has 0 aliphatic heterocycles. The fourth-order valence-electron chi connectivity index (χ4n) is 5.27. The van der Waals surface area contributed by atoms with Crippen molar-refractivity contribution in [2.24, 2.45) is 0 Å². The number of pyridine rings is 1. The molecule has 43 heavy (non-hydrogen) atoms. The molecule has 0 fully saturated rings. The van der Waals surface area contributed by atoms with E-state index in [1.807, 2.05) is 66.3 Å². The highest BCUT2D eigenvalue weighted by Crippen LogP contribution is 2.41. The van der Waals surface area contributed by atoms with Crippen LogP contribution in [0.2, 0.25) is 0 Å². The Hall–Kier alpha value is -3.53. The van der Waals surface area contributed by atoms with Crippen LogP contribution in [0, 0.1) is 6.92 Å². The molecule has 7 heteroatoms. The van der Waals surface area contributed by atoms with Crippen molar-refractivity contribution in [2.75, 3.05) is 6.61 Å². The van der Waals surface area contributed by atoms with E-state index in [0.29, 0.717) is 21.8 Å². The van der Waals surface area contributed by atoms with Gasteiger partial charge in [-0.3, -0.25) is 9.59 Å². The van der Waals surface area contributed by atoms with Crippen LogP contribution in [0.25, 0.3) is 27.2 Å². The Morgan fingerprint density at radius 2 is 1.42 bits per heavy atom. The summed E-state index contributed by atoms with van der Waals surface area (Å²) in [6, 6.07) is 32.6. The van der Waals surface area contributed by atoms with Crippen LogP contribution in [0.1, 0.15) is 38.8 Å². The van der Waals surface area contributed by atoms with Gasteiger partial charge in [-0.1, -0.05) is 78.9 Å². The number of aryl methyl sites for hydroxylation is 1. The number of aromatic nitrogens is 1. The van der Waals surface area contributed by atoms with Crippen molar-refractivity contribution >= 4 is 56.4 Å². The van der Waals surface area contributed by atoms with Gasteiger partial charge in [0.15, 0.2) is 12.4 Å². The first kappa shape index (κ1) is 30.9. The van der Waals surface area contributed by atoms with Crippen molar-refractivity contribution in [3.8, 4) is 5.69 Å². The SMILES string of the molecule is CCOC(=O)Cc1c(C(=O)c2ccccc2)sc(SCc2c3ccccc3cc3ccccc23)c1-[n+]1ccc(C)cc1.[I-]. The third-order valence-corrected chi connectivity index (χ3v) is 9.81. The van der Waals surface area contributed by atoms with E-state index in [9.17, 15) is 9.59 Å². The molecule has 2 heterocycles. The number of hydrogen-bond donors (Lipinski definition) is 0. The molecule has 4 nitrogen and oxygen atoms in total. The summed E-state index contributed by atoms with van der Waals surface area (Å²) >= 11 is 3.17. The van der Waals surface area contributed by atoms with Crippen LogP contribution in [0.3, 0.4) is 0 Å². The van der Waals surface area contributed by atoms with Gasteiger partial charge in [0.1, 0.15) is 4.21 Å². The predicted octanol–water partition coefficient (Wildman–Crippen LogP) is 5.27. The molecule has 4 aromatic carbocycles. The van der Waals surface area contributed by atoms with E-state index in [2.05, 4.69) is 54.6 Å². The molecule has 2 aromatic heterocycles.